The molecule has 27 heavy (non-hydrogen) atoms. The second-order valence-electron chi connectivity index (χ2n) is 6.75. The van der Waals surface area contributed by atoms with Crippen LogP contribution in [0.2, 0.25) is 0 Å². The lowest BCUT2D eigenvalue weighted by Gasteiger charge is -2.33. The lowest BCUT2D eigenvalue weighted by Crippen LogP contribution is -2.41. The van der Waals surface area contributed by atoms with E-state index in [2.05, 4.69) is 15.1 Å². The van der Waals surface area contributed by atoms with Crippen LogP contribution in [0.3, 0.4) is 0 Å². The van der Waals surface area contributed by atoms with Gasteiger partial charge in [0.1, 0.15) is 5.69 Å². The number of nitrogens with zero attached hydrogens (tertiary/aromatic N) is 4. The number of hydrogen-bond donors (Lipinski definition) is 0. The minimum atomic E-state index is 0.0433. The summed E-state index contributed by atoms with van der Waals surface area (Å²) in [5, 5.41) is 8.59. The Labute approximate surface area is 158 Å². The molecular formula is C21H22N4O2. The number of piperidine rings is 1. The maximum absolute atomic E-state index is 12.8. The number of aromatic nitrogens is 2. The SMILES string of the molecule is CN(C(=O)C1CCN(c2ccc(-c3ccco3)nn2)CC1)c1ccccc1. The molecule has 0 atom stereocenters. The topological polar surface area (TPSA) is 62.5 Å². The van der Waals surface area contributed by atoms with Crippen molar-refractivity contribution in [2.45, 2.75) is 12.8 Å². The first-order chi connectivity index (χ1) is 13.2. The van der Waals surface area contributed by atoms with E-state index in [1.165, 1.54) is 0 Å². The third-order valence-corrected chi connectivity index (χ3v) is 5.07. The van der Waals surface area contributed by atoms with Crippen molar-refractivity contribution in [1.82, 2.24) is 10.2 Å². The standard InChI is InChI=1S/C21H22N4O2/c1-24(17-6-3-2-4-7-17)21(26)16-11-13-25(14-12-16)20-10-9-18(22-23-20)19-8-5-15-27-19/h2-10,15-16H,11-14H2,1H3. The molecule has 0 saturated carbocycles. The van der Waals surface area contributed by atoms with E-state index in [1.807, 2.05) is 61.6 Å². The Bertz CT molecular complexity index is 870. The molecule has 0 radical (unpaired) electrons. The first-order valence-electron chi connectivity index (χ1n) is 9.17. The lowest BCUT2D eigenvalue weighted by atomic mass is 9.95. The molecule has 1 saturated heterocycles. The van der Waals surface area contributed by atoms with Crippen LogP contribution >= 0.6 is 0 Å². The van der Waals surface area contributed by atoms with Gasteiger partial charge in [0.25, 0.3) is 0 Å². The number of carbonyl (C=O) groups is 1. The van der Waals surface area contributed by atoms with E-state index in [0.29, 0.717) is 5.76 Å². The van der Waals surface area contributed by atoms with Gasteiger partial charge in [-0.1, -0.05) is 18.2 Å². The third kappa shape index (κ3) is 3.69. The molecule has 4 rings (SSSR count). The van der Waals surface area contributed by atoms with Crippen molar-refractivity contribution in [3.05, 3.63) is 60.9 Å². The number of rotatable bonds is 4. The molecule has 138 valence electrons. The van der Waals surface area contributed by atoms with E-state index in [4.69, 9.17) is 4.42 Å². The van der Waals surface area contributed by atoms with Crippen molar-refractivity contribution in [3.8, 4) is 11.5 Å². The molecule has 0 spiro atoms. The van der Waals surface area contributed by atoms with Crippen molar-refractivity contribution in [3.63, 3.8) is 0 Å². The van der Waals surface area contributed by atoms with E-state index >= 15 is 0 Å². The Kier molecular flexibility index (Phi) is 4.87. The van der Waals surface area contributed by atoms with Gasteiger partial charge in [-0.3, -0.25) is 4.79 Å². The number of benzene rings is 1. The van der Waals surface area contributed by atoms with Gasteiger partial charge in [0.15, 0.2) is 11.6 Å². The Morgan fingerprint density at radius 3 is 2.44 bits per heavy atom. The molecule has 6 heteroatoms. The molecule has 0 aliphatic carbocycles. The normalized spacial score (nSPS) is 14.9. The monoisotopic (exact) mass is 362 g/mol. The van der Waals surface area contributed by atoms with Gasteiger partial charge < -0.3 is 14.2 Å². The van der Waals surface area contributed by atoms with Gasteiger partial charge in [-0.2, -0.15) is 0 Å². The minimum Gasteiger partial charge on any atom is -0.463 e. The lowest BCUT2D eigenvalue weighted by molar-refractivity contribution is -0.122. The Balaban J connectivity index is 1.36. The molecule has 3 aromatic rings. The Morgan fingerprint density at radius 1 is 1.04 bits per heavy atom. The van der Waals surface area contributed by atoms with Crippen LogP contribution in [-0.4, -0.2) is 36.2 Å². The average Bonchev–Trinajstić information content (AvgIpc) is 3.28. The van der Waals surface area contributed by atoms with Crippen molar-refractivity contribution < 1.29 is 9.21 Å². The highest BCUT2D eigenvalue weighted by molar-refractivity contribution is 5.94. The molecule has 1 aliphatic rings. The van der Waals surface area contributed by atoms with Gasteiger partial charge in [-0.05, 0) is 49.2 Å². The molecule has 0 bridgehead atoms. The van der Waals surface area contributed by atoms with Crippen LogP contribution in [0.5, 0.6) is 0 Å². The van der Waals surface area contributed by atoms with Gasteiger partial charge in [0.05, 0.1) is 6.26 Å². The van der Waals surface area contributed by atoms with Crippen LogP contribution in [0.25, 0.3) is 11.5 Å². The van der Waals surface area contributed by atoms with E-state index in [9.17, 15) is 4.79 Å². The zero-order chi connectivity index (χ0) is 18.6. The zero-order valence-electron chi connectivity index (χ0n) is 15.3. The molecule has 1 amide bonds. The fourth-order valence-corrected chi connectivity index (χ4v) is 3.46. The Morgan fingerprint density at radius 2 is 1.81 bits per heavy atom. The van der Waals surface area contributed by atoms with Crippen LogP contribution < -0.4 is 9.80 Å². The summed E-state index contributed by atoms with van der Waals surface area (Å²) in [5.74, 6) is 1.77. The number of hydrogen-bond acceptors (Lipinski definition) is 5. The van der Waals surface area contributed by atoms with Crippen molar-refractivity contribution >= 4 is 17.4 Å². The van der Waals surface area contributed by atoms with E-state index in [1.54, 1.807) is 11.2 Å². The first-order valence-corrected chi connectivity index (χ1v) is 9.17. The maximum Gasteiger partial charge on any atom is 0.229 e. The summed E-state index contributed by atoms with van der Waals surface area (Å²) in [6.07, 6.45) is 3.26. The van der Waals surface area contributed by atoms with Gasteiger partial charge in [0, 0.05) is 31.7 Å². The summed E-state index contributed by atoms with van der Waals surface area (Å²) in [4.78, 5) is 16.7. The number of carbonyl (C=O) groups excluding carboxylic acids is 1. The largest absolute Gasteiger partial charge is 0.463 e. The van der Waals surface area contributed by atoms with Crippen molar-refractivity contribution in [2.24, 2.45) is 5.92 Å². The number of furan rings is 1. The summed E-state index contributed by atoms with van der Waals surface area (Å²) in [6, 6.07) is 17.4. The third-order valence-electron chi connectivity index (χ3n) is 5.07. The summed E-state index contributed by atoms with van der Waals surface area (Å²) in [7, 11) is 1.85. The van der Waals surface area contributed by atoms with Crippen LogP contribution in [0, 0.1) is 5.92 Å². The van der Waals surface area contributed by atoms with E-state index in [0.717, 1.165) is 43.1 Å². The molecule has 1 fully saturated rings. The average molecular weight is 362 g/mol. The number of anilines is 2. The number of amides is 1. The van der Waals surface area contributed by atoms with Gasteiger partial charge in [-0.15, -0.1) is 10.2 Å². The zero-order valence-corrected chi connectivity index (χ0v) is 15.3. The summed E-state index contributed by atoms with van der Waals surface area (Å²) in [5.41, 5.74) is 1.66. The number of para-hydroxylation sites is 1. The highest BCUT2D eigenvalue weighted by Gasteiger charge is 2.28. The predicted octanol–water partition coefficient (Wildman–Crippen LogP) is 3.62. The second kappa shape index (κ2) is 7.61. The highest BCUT2D eigenvalue weighted by Crippen LogP contribution is 2.26. The fourth-order valence-electron chi connectivity index (χ4n) is 3.46. The first kappa shape index (κ1) is 17.3. The second-order valence-corrected chi connectivity index (χ2v) is 6.75. The molecule has 1 aromatic carbocycles. The van der Waals surface area contributed by atoms with Crippen LogP contribution in [0.4, 0.5) is 11.5 Å². The molecule has 2 aromatic heterocycles. The van der Waals surface area contributed by atoms with Gasteiger partial charge in [-0.25, -0.2) is 0 Å². The smallest absolute Gasteiger partial charge is 0.229 e. The molecule has 0 unspecified atom stereocenters. The molecule has 0 N–H and O–H groups in total. The van der Waals surface area contributed by atoms with E-state index < -0.39 is 0 Å². The minimum absolute atomic E-state index is 0.0433. The van der Waals surface area contributed by atoms with Crippen molar-refractivity contribution in [2.75, 3.05) is 29.9 Å². The predicted molar refractivity (Wildman–Crippen MR) is 105 cm³/mol. The fraction of sp³-hybridized carbons (Fsp3) is 0.286. The summed E-state index contributed by atoms with van der Waals surface area (Å²) >= 11 is 0. The molecule has 1 aliphatic heterocycles. The van der Waals surface area contributed by atoms with Crippen LogP contribution in [0.1, 0.15) is 12.8 Å². The Hall–Kier alpha value is -3.15. The molecule has 6 nitrogen and oxygen atoms in total. The molecule has 3 heterocycles. The van der Waals surface area contributed by atoms with Gasteiger partial charge >= 0.3 is 0 Å². The van der Waals surface area contributed by atoms with E-state index in [-0.39, 0.29) is 11.8 Å². The highest BCUT2D eigenvalue weighted by atomic mass is 16.3. The maximum atomic E-state index is 12.8. The van der Waals surface area contributed by atoms with Crippen molar-refractivity contribution in [1.29, 1.82) is 0 Å². The molecular weight excluding hydrogens is 340 g/mol. The van der Waals surface area contributed by atoms with Crippen LogP contribution in [-0.2, 0) is 4.79 Å². The quantitative estimate of drug-likeness (QED) is 0.709. The van der Waals surface area contributed by atoms with Crippen LogP contribution in [0.15, 0.2) is 65.3 Å². The van der Waals surface area contributed by atoms with Gasteiger partial charge in [0.2, 0.25) is 5.91 Å². The summed E-state index contributed by atoms with van der Waals surface area (Å²) in [6.45, 7) is 1.60. The summed E-state index contributed by atoms with van der Waals surface area (Å²) < 4.78 is 5.35.